The summed E-state index contributed by atoms with van der Waals surface area (Å²) in [6, 6.07) is -0.280. The van der Waals surface area contributed by atoms with Gasteiger partial charge in [-0.15, -0.1) is 0 Å². The van der Waals surface area contributed by atoms with E-state index in [-0.39, 0.29) is 17.5 Å². The van der Waals surface area contributed by atoms with Gasteiger partial charge >= 0.3 is 6.09 Å². The van der Waals surface area contributed by atoms with Crippen molar-refractivity contribution in [2.24, 2.45) is 5.92 Å². The van der Waals surface area contributed by atoms with Crippen LogP contribution in [0.15, 0.2) is 0 Å². The van der Waals surface area contributed by atoms with Gasteiger partial charge in [-0.05, 0) is 31.6 Å². The van der Waals surface area contributed by atoms with Crippen molar-refractivity contribution in [3.63, 3.8) is 0 Å². The molecule has 0 aromatic rings. The van der Waals surface area contributed by atoms with Crippen molar-refractivity contribution in [3.05, 3.63) is 0 Å². The molecule has 1 atom stereocenters. The second kappa shape index (κ2) is 6.59. The molecule has 6 heteroatoms. The fourth-order valence-electron chi connectivity index (χ4n) is 2.89. The van der Waals surface area contributed by atoms with Gasteiger partial charge in [0.15, 0.2) is 9.84 Å². The summed E-state index contributed by atoms with van der Waals surface area (Å²) in [7, 11) is -2.98. The van der Waals surface area contributed by atoms with Crippen molar-refractivity contribution >= 4 is 15.9 Å². The number of rotatable bonds is 3. The average molecular weight is 289 g/mol. The Morgan fingerprint density at radius 1 is 1.11 bits per heavy atom. The summed E-state index contributed by atoms with van der Waals surface area (Å²) in [5.74, 6) is 0.767. The highest BCUT2D eigenvalue weighted by Gasteiger charge is 2.26. The quantitative estimate of drug-likeness (QED) is 0.861. The first-order chi connectivity index (χ1) is 9.05. The fraction of sp³-hybridized carbons (Fsp3) is 0.923. The number of hydrogen-bond acceptors (Lipinski definition) is 4. The minimum atomic E-state index is -2.98. The first kappa shape index (κ1) is 14.6. The number of carbonyl (C=O) groups is 1. The Kier molecular flexibility index (Phi) is 5.07. The van der Waals surface area contributed by atoms with Gasteiger partial charge in [0.1, 0.15) is 0 Å². The van der Waals surface area contributed by atoms with Crippen LogP contribution in [0.25, 0.3) is 0 Å². The summed E-state index contributed by atoms with van der Waals surface area (Å²) in [6.45, 7) is 0.464. The van der Waals surface area contributed by atoms with Gasteiger partial charge in [-0.3, -0.25) is 0 Å². The fourth-order valence-corrected chi connectivity index (χ4v) is 4.53. The zero-order valence-corrected chi connectivity index (χ0v) is 12.1. The van der Waals surface area contributed by atoms with Crippen LogP contribution in [0, 0.1) is 5.92 Å². The molecule has 1 aliphatic heterocycles. The standard InChI is InChI=1S/C13H23NO4S/c15-13(18-9-11-5-2-1-3-6-11)14-12-7-4-8-19(16,17)10-12/h11-12H,1-10H2,(H,14,15). The zero-order valence-electron chi connectivity index (χ0n) is 11.3. The Morgan fingerprint density at radius 3 is 2.53 bits per heavy atom. The lowest BCUT2D eigenvalue weighted by atomic mass is 9.90. The highest BCUT2D eigenvalue weighted by atomic mass is 32.2. The Labute approximate surface area is 115 Å². The number of sulfone groups is 1. The molecule has 0 spiro atoms. The summed E-state index contributed by atoms with van der Waals surface area (Å²) in [5, 5.41) is 2.67. The van der Waals surface area contributed by atoms with E-state index >= 15 is 0 Å². The molecule has 2 aliphatic rings. The van der Waals surface area contributed by atoms with Crippen LogP contribution in [-0.2, 0) is 14.6 Å². The van der Waals surface area contributed by atoms with Gasteiger partial charge in [-0.1, -0.05) is 19.3 Å². The molecule has 1 saturated carbocycles. The largest absolute Gasteiger partial charge is 0.449 e. The number of alkyl carbamates (subject to hydrolysis) is 1. The minimum Gasteiger partial charge on any atom is -0.449 e. The van der Waals surface area contributed by atoms with E-state index in [1.54, 1.807) is 0 Å². The molecule has 0 aromatic carbocycles. The van der Waals surface area contributed by atoms with Crippen molar-refractivity contribution in [2.75, 3.05) is 18.1 Å². The predicted molar refractivity (Wildman–Crippen MR) is 72.7 cm³/mol. The van der Waals surface area contributed by atoms with Crippen LogP contribution < -0.4 is 5.32 Å². The number of amides is 1. The molecule has 1 saturated heterocycles. The van der Waals surface area contributed by atoms with Crippen LogP contribution in [0.3, 0.4) is 0 Å². The van der Waals surface area contributed by atoms with Crippen molar-refractivity contribution in [1.82, 2.24) is 5.32 Å². The van der Waals surface area contributed by atoms with Gasteiger partial charge in [-0.2, -0.15) is 0 Å². The zero-order chi connectivity index (χ0) is 13.7. The van der Waals surface area contributed by atoms with Crippen LogP contribution in [0.2, 0.25) is 0 Å². The summed E-state index contributed by atoms with van der Waals surface area (Å²) >= 11 is 0. The molecular weight excluding hydrogens is 266 g/mol. The van der Waals surface area contributed by atoms with Gasteiger partial charge < -0.3 is 10.1 Å². The molecule has 2 fully saturated rings. The maximum atomic E-state index is 11.6. The molecule has 1 unspecified atom stereocenters. The summed E-state index contributed by atoms with van der Waals surface area (Å²) < 4.78 is 28.1. The van der Waals surface area contributed by atoms with E-state index in [2.05, 4.69) is 5.32 Å². The van der Waals surface area contributed by atoms with E-state index in [0.717, 1.165) is 19.3 Å². The summed E-state index contributed by atoms with van der Waals surface area (Å²) in [5.41, 5.74) is 0. The molecule has 1 N–H and O–H groups in total. The topological polar surface area (TPSA) is 72.5 Å². The van der Waals surface area contributed by atoms with Gasteiger partial charge in [-0.25, -0.2) is 13.2 Å². The van der Waals surface area contributed by atoms with Crippen LogP contribution in [-0.4, -0.2) is 38.7 Å². The van der Waals surface area contributed by atoms with E-state index < -0.39 is 15.9 Å². The number of hydrogen-bond donors (Lipinski definition) is 1. The SMILES string of the molecule is O=C(NC1CCCS(=O)(=O)C1)OCC1CCCCC1. The summed E-state index contributed by atoms with van der Waals surface area (Å²) in [4.78, 5) is 11.6. The summed E-state index contributed by atoms with van der Waals surface area (Å²) in [6.07, 6.45) is 6.85. The molecule has 110 valence electrons. The van der Waals surface area contributed by atoms with Crippen LogP contribution in [0.4, 0.5) is 4.79 Å². The normalized spacial score (nSPS) is 27.7. The molecule has 1 amide bonds. The van der Waals surface area contributed by atoms with E-state index in [0.29, 0.717) is 18.9 Å². The molecule has 0 radical (unpaired) electrons. The smallest absolute Gasteiger partial charge is 0.407 e. The van der Waals surface area contributed by atoms with Crippen LogP contribution in [0.1, 0.15) is 44.9 Å². The van der Waals surface area contributed by atoms with Crippen molar-refractivity contribution in [2.45, 2.75) is 51.0 Å². The van der Waals surface area contributed by atoms with Gasteiger partial charge in [0, 0.05) is 6.04 Å². The predicted octanol–water partition coefficient (Wildman–Crippen LogP) is 1.87. The number of nitrogens with one attached hydrogen (secondary N) is 1. The highest BCUT2D eigenvalue weighted by Crippen LogP contribution is 2.23. The maximum absolute atomic E-state index is 11.6. The van der Waals surface area contributed by atoms with Crippen LogP contribution in [0.5, 0.6) is 0 Å². The lowest BCUT2D eigenvalue weighted by molar-refractivity contribution is 0.113. The first-order valence-corrected chi connectivity index (χ1v) is 9.01. The molecule has 2 rings (SSSR count). The van der Waals surface area contributed by atoms with E-state index in [1.807, 2.05) is 0 Å². The monoisotopic (exact) mass is 289 g/mol. The average Bonchev–Trinajstić information content (AvgIpc) is 2.36. The second-order valence-electron chi connectivity index (χ2n) is 5.70. The van der Waals surface area contributed by atoms with Gasteiger partial charge in [0.25, 0.3) is 0 Å². The highest BCUT2D eigenvalue weighted by molar-refractivity contribution is 7.91. The second-order valence-corrected chi connectivity index (χ2v) is 7.93. The maximum Gasteiger partial charge on any atom is 0.407 e. The Hall–Kier alpha value is -0.780. The van der Waals surface area contributed by atoms with Crippen molar-refractivity contribution in [3.8, 4) is 0 Å². The molecule has 5 nitrogen and oxygen atoms in total. The molecule has 19 heavy (non-hydrogen) atoms. The third-order valence-corrected chi connectivity index (χ3v) is 5.78. The van der Waals surface area contributed by atoms with Crippen LogP contribution >= 0.6 is 0 Å². The Bertz CT molecular complexity index is 401. The third kappa shape index (κ3) is 5.01. The lowest BCUT2D eigenvalue weighted by Gasteiger charge is -2.24. The Morgan fingerprint density at radius 2 is 1.84 bits per heavy atom. The molecule has 0 bridgehead atoms. The van der Waals surface area contributed by atoms with Gasteiger partial charge in [0.05, 0.1) is 18.1 Å². The molecular formula is C13H23NO4S. The van der Waals surface area contributed by atoms with Crippen molar-refractivity contribution < 1.29 is 17.9 Å². The number of carbonyl (C=O) groups excluding carboxylic acids is 1. The molecule has 1 heterocycles. The first-order valence-electron chi connectivity index (χ1n) is 7.19. The Balaban J connectivity index is 1.69. The van der Waals surface area contributed by atoms with E-state index in [9.17, 15) is 13.2 Å². The number of ether oxygens (including phenoxy) is 1. The third-order valence-electron chi connectivity index (χ3n) is 3.96. The van der Waals surface area contributed by atoms with Gasteiger partial charge in [0.2, 0.25) is 0 Å². The lowest BCUT2D eigenvalue weighted by Crippen LogP contribution is -2.43. The molecule has 1 aliphatic carbocycles. The van der Waals surface area contributed by atoms with E-state index in [1.165, 1.54) is 19.3 Å². The van der Waals surface area contributed by atoms with E-state index in [4.69, 9.17) is 4.74 Å². The molecule has 0 aromatic heterocycles. The van der Waals surface area contributed by atoms with Crippen molar-refractivity contribution in [1.29, 1.82) is 0 Å². The minimum absolute atomic E-state index is 0.0472.